The molecule has 0 aromatic carbocycles. The molecule has 90 valence electrons. The van der Waals surface area contributed by atoms with Crippen LogP contribution in [0.4, 0.5) is 0 Å². The molecule has 0 radical (unpaired) electrons. The maximum absolute atomic E-state index is 6.07. The smallest absolute Gasteiger partial charge is 0.0543 e. The molecule has 0 aliphatic rings. The Bertz CT molecular complexity index is 284. The van der Waals surface area contributed by atoms with Crippen molar-refractivity contribution in [3.8, 4) is 0 Å². The summed E-state index contributed by atoms with van der Waals surface area (Å²) in [6.07, 6.45) is 2.91. The van der Waals surface area contributed by atoms with Crippen molar-refractivity contribution >= 4 is 0 Å². The summed E-state index contributed by atoms with van der Waals surface area (Å²) < 4.78 is 0. The summed E-state index contributed by atoms with van der Waals surface area (Å²) in [6, 6.07) is 6.26. The van der Waals surface area contributed by atoms with Crippen LogP contribution in [0.2, 0.25) is 0 Å². The molecule has 2 N–H and O–H groups in total. The monoisotopic (exact) mass is 221 g/mol. The van der Waals surface area contributed by atoms with Gasteiger partial charge in [-0.05, 0) is 31.5 Å². The number of hydrogen-bond donors (Lipinski definition) is 1. The molecular weight excluding hydrogens is 198 g/mol. The highest BCUT2D eigenvalue weighted by Crippen LogP contribution is 2.05. The van der Waals surface area contributed by atoms with E-state index < -0.39 is 0 Å². The van der Waals surface area contributed by atoms with Gasteiger partial charge >= 0.3 is 0 Å². The molecule has 16 heavy (non-hydrogen) atoms. The number of nitrogens with two attached hydrogens (primary N) is 1. The lowest BCUT2D eigenvalue weighted by Crippen LogP contribution is -2.36. The summed E-state index contributed by atoms with van der Waals surface area (Å²) in [5.74, 6) is 0.665. The van der Waals surface area contributed by atoms with Crippen LogP contribution in [0.15, 0.2) is 24.4 Å². The van der Waals surface area contributed by atoms with Gasteiger partial charge in [0.15, 0.2) is 0 Å². The summed E-state index contributed by atoms with van der Waals surface area (Å²) in [6.45, 7) is 6.21. The maximum atomic E-state index is 6.07. The molecule has 0 aliphatic carbocycles. The van der Waals surface area contributed by atoms with Gasteiger partial charge in [-0.3, -0.25) is 9.88 Å². The van der Waals surface area contributed by atoms with Crippen LogP contribution in [-0.2, 0) is 6.54 Å². The van der Waals surface area contributed by atoms with Gasteiger partial charge in [-0.2, -0.15) is 0 Å². The normalized spacial score (nSPS) is 13.4. The van der Waals surface area contributed by atoms with Crippen LogP contribution in [0.5, 0.6) is 0 Å². The summed E-state index contributed by atoms with van der Waals surface area (Å²) in [7, 11) is 2.09. The minimum Gasteiger partial charge on any atom is -0.327 e. The third kappa shape index (κ3) is 5.24. The molecule has 1 rings (SSSR count). The van der Waals surface area contributed by atoms with Crippen molar-refractivity contribution in [3.05, 3.63) is 30.1 Å². The van der Waals surface area contributed by atoms with E-state index in [0.717, 1.165) is 25.2 Å². The number of rotatable bonds is 6. The van der Waals surface area contributed by atoms with Crippen LogP contribution < -0.4 is 5.73 Å². The molecule has 0 aliphatic heterocycles. The Morgan fingerprint density at radius 3 is 2.69 bits per heavy atom. The van der Waals surface area contributed by atoms with Crippen LogP contribution >= 0.6 is 0 Å². The lowest BCUT2D eigenvalue weighted by atomic mass is 10.0. The lowest BCUT2D eigenvalue weighted by molar-refractivity contribution is 0.284. The summed E-state index contributed by atoms with van der Waals surface area (Å²) >= 11 is 0. The van der Waals surface area contributed by atoms with E-state index in [-0.39, 0.29) is 6.04 Å². The van der Waals surface area contributed by atoms with E-state index in [2.05, 4.69) is 30.8 Å². The van der Waals surface area contributed by atoms with Crippen molar-refractivity contribution in [3.63, 3.8) is 0 Å². The van der Waals surface area contributed by atoms with Gasteiger partial charge in [-0.25, -0.2) is 0 Å². The van der Waals surface area contributed by atoms with Gasteiger partial charge in [0.25, 0.3) is 0 Å². The van der Waals surface area contributed by atoms with Crippen molar-refractivity contribution in [1.29, 1.82) is 0 Å². The first-order chi connectivity index (χ1) is 7.58. The van der Waals surface area contributed by atoms with Gasteiger partial charge < -0.3 is 5.73 Å². The summed E-state index contributed by atoms with van der Waals surface area (Å²) in [5, 5.41) is 0. The van der Waals surface area contributed by atoms with Crippen LogP contribution in [0.1, 0.15) is 26.0 Å². The number of nitrogens with zero attached hydrogens (tertiary/aromatic N) is 2. The molecular formula is C13H23N3. The number of pyridine rings is 1. The van der Waals surface area contributed by atoms with E-state index in [0.29, 0.717) is 5.92 Å². The van der Waals surface area contributed by atoms with Gasteiger partial charge in [-0.15, -0.1) is 0 Å². The third-order valence-electron chi connectivity index (χ3n) is 2.48. The second-order valence-electron chi connectivity index (χ2n) is 4.91. The SMILES string of the molecule is CC(C)CC(N)CN(C)Cc1ccccn1. The predicted molar refractivity (Wildman–Crippen MR) is 68.0 cm³/mol. The second kappa shape index (κ2) is 6.61. The van der Waals surface area contributed by atoms with Gasteiger partial charge in [0.1, 0.15) is 0 Å². The Balaban J connectivity index is 2.33. The molecule has 1 aromatic rings. The van der Waals surface area contributed by atoms with Crippen LogP contribution in [-0.4, -0.2) is 29.5 Å². The van der Waals surface area contributed by atoms with Crippen molar-refractivity contribution in [2.24, 2.45) is 11.7 Å². The Labute approximate surface area is 98.7 Å². The lowest BCUT2D eigenvalue weighted by Gasteiger charge is -2.22. The first-order valence-electron chi connectivity index (χ1n) is 5.92. The van der Waals surface area contributed by atoms with E-state index >= 15 is 0 Å². The number of aromatic nitrogens is 1. The van der Waals surface area contributed by atoms with E-state index in [1.54, 1.807) is 0 Å². The van der Waals surface area contributed by atoms with Gasteiger partial charge in [0.2, 0.25) is 0 Å². The van der Waals surface area contributed by atoms with E-state index in [9.17, 15) is 0 Å². The fourth-order valence-electron chi connectivity index (χ4n) is 1.91. The van der Waals surface area contributed by atoms with Crippen LogP contribution in [0.3, 0.4) is 0 Å². The molecule has 0 amide bonds. The Hall–Kier alpha value is -0.930. The molecule has 0 saturated heterocycles. The summed E-state index contributed by atoms with van der Waals surface area (Å²) in [4.78, 5) is 6.54. The fourth-order valence-corrected chi connectivity index (χ4v) is 1.91. The topological polar surface area (TPSA) is 42.1 Å². The first-order valence-corrected chi connectivity index (χ1v) is 5.92. The maximum Gasteiger partial charge on any atom is 0.0543 e. The third-order valence-corrected chi connectivity index (χ3v) is 2.48. The largest absolute Gasteiger partial charge is 0.327 e. The highest BCUT2D eigenvalue weighted by atomic mass is 15.1. The van der Waals surface area contributed by atoms with Crippen molar-refractivity contribution < 1.29 is 0 Å². The first kappa shape index (κ1) is 13.1. The summed E-state index contributed by atoms with van der Waals surface area (Å²) in [5.41, 5.74) is 7.17. The molecule has 1 heterocycles. The molecule has 0 bridgehead atoms. The van der Waals surface area contributed by atoms with Gasteiger partial charge in [-0.1, -0.05) is 19.9 Å². The van der Waals surface area contributed by atoms with Crippen molar-refractivity contribution in [1.82, 2.24) is 9.88 Å². The highest BCUT2D eigenvalue weighted by molar-refractivity contribution is 5.03. The molecule has 3 nitrogen and oxygen atoms in total. The molecule has 0 saturated carbocycles. The standard InChI is InChI=1S/C13H23N3/c1-11(2)8-12(14)9-16(3)10-13-6-4-5-7-15-13/h4-7,11-12H,8-10,14H2,1-3H3. The zero-order valence-electron chi connectivity index (χ0n) is 10.6. The van der Waals surface area contributed by atoms with Crippen LogP contribution in [0.25, 0.3) is 0 Å². The molecule has 0 fully saturated rings. The molecule has 3 heteroatoms. The fraction of sp³-hybridized carbons (Fsp3) is 0.615. The molecule has 1 aromatic heterocycles. The average Bonchev–Trinajstić information content (AvgIpc) is 2.17. The average molecular weight is 221 g/mol. The molecule has 1 atom stereocenters. The zero-order valence-corrected chi connectivity index (χ0v) is 10.6. The molecule has 1 unspecified atom stereocenters. The van der Waals surface area contributed by atoms with E-state index in [1.807, 2.05) is 24.4 Å². The Kier molecular flexibility index (Phi) is 5.43. The molecule has 0 spiro atoms. The Morgan fingerprint density at radius 2 is 2.12 bits per heavy atom. The van der Waals surface area contributed by atoms with Gasteiger partial charge in [0, 0.05) is 25.3 Å². The number of hydrogen-bond acceptors (Lipinski definition) is 3. The predicted octanol–water partition coefficient (Wildman–Crippen LogP) is 1.89. The minimum absolute atomic E-state index is 0.258. The van der Waals surface area contributed by atoms with Crippen molar-refractivity contribution in [2.45, 2.75) is 32.9 Å². The van der Waals surface area contributed by atoms with Gasteiger partial charge in [0.05, 0.1) is 5.69 Å². The number of likely N-dealkylation sites (N-methyl/N-ethyl adjacent to an activating group) is 1. The second-order valence-corrected chi connectivity index (χ2v) is 4.91. The minimum atomic E-state index is 0.258. The quantitative estimate of drug-likeness (QED) is 0.797. The van der Waals surface area contributed by atoms with Crippen LogP contribution in [0, 0.1) is 5.92 Å². The zero-order chi connectivity index (χ0) is 12.0. The van der Waals surface area contributed by atoms with Crippen molar-refractivity contribution in [2.75, 3.05) is 13.6 Å². The highest BCUT2D eigenvalue weighted by Gasteiger charge is 2.09. The Morgan fingerprint density at radius 1 is 1.38 bits per heavy atom. The van der Waals surface area contributed by atoms with E-state index in [1.165, 1.54) is 0 Å². The van der Waals surface area contributed by atoms with E-state index in [4.69, 9.17) is 5.73 Å².